The molecule has 0 amide bonds. The third-order valence-corrected chi connectivity index (χ3v) is 3.22. The standard InChI is InChI=1S/C15H10N2O2/c1-3-18-8-10(1)12-5-13-14(11-2-4-19-9-11)7-17-15(13)16-6-12/h1-9H,(H,16,17). The minimum atomic E-state index is 0.864. The van der Waals surface area contributed by atoms with Crippen LogP contribution in [0.2, 0.25) is 0 Å². The van der Waals surface area contributed by atoms with Crippen molar-refractivity contribution in [2.75, 3.05) is 0 Å². The summed E-state index contributed by atoms with van der Waals surface area (Å²) in [5.41, 5.74) is 5.04. The second kappa shape index (κ2) is 3.88. The van der Waals surface area contributed by atoms with Gasteiger partial charge < -0.3 is 13.8 Å². The SMILES string of the molecule is c1cc(-c2cnc3[nH]cc(-c4ccoc4)c3c2)co1. The zero-order chi connectivity index (χ0) is 12.7. The summed E-state index contributed by atoms with van der Waals surface area (Å²) >= 11 is 0. The molecule has 4 heteroatoms. The van der Waals surface area contributed by atoms with E-state index in [4.69, 9.17) is 8.83 Å². The number of hydrogen-bond donors (Lipinski definition) is 1. The molecular weight excluding hydrogens is 240 g/mol. The molecule has 19 heavy (non-hydrogen) atoms. The highest BCUT2D eigenvalue weighted by atomic mass is 16.3. The van der Waals surface area contributed by atoms with Crippen LogP contribution < -0.4 is 0 Å². The van der Waals surface area contributed by atoms with Gasteiger partial charge in [-0.3, -0.25) is 0 Å². The highest BCUT2D eigenvalue weighted by molar-refractivity contribution is 5.95. The predicted molar refractivity (Wildman–Crippen MR) is 71.5 cm³/mol. The van der Waals surface area contributed by atoms with Crippen molar-refractivity contribution in [3.8, 4) is 22.3 Å². The molecule has 0 atom stereocenters. The summed E-state index contributed by atoms with van der Waals surface area (Å²) in [5, 5.41) is 1.07. The van der Waals surface area contributed by atoms with Crippen molar-refractivity contribution in [1.29, 1.82) is 0 Å². The molecule has 0 bridgehead atoms. The Morgan fingerprint density at radius 2 is 1.74 bits per heavy atom. The molecule has 4 rings (SSSR count). The molecule has 0 aliphatic carbocycles. The minimum Gasteiger partial charge on any atom is -0.472 e. The summed E-state index contributed by atoms with van der Waals surface area (Å²) in [5.74, 6) is 0. The number of pyridine rings is 1. The molecule has 4 heterocycles. The number of aromatic amines is 1. The van der Waals surface area contributed by atoms with E-state index in [1.54, 1.807) is 25.1 Å². The van der Waals surface area contributed by atoms with E-state index in [0.29, 0.717) is 0 Å². The van der Waals surface area contributed by atoms with E-state index in [9.17, 15) is 0 Å². The van der Waals surface area contributed by atoms with E-state index in [2.05, 4.69) is 16.0 Å². The third-order valence-electron chi connectivity index (χ3n) is 3.22. The van der Waals surface area contributed by atoms with Gasteiger partial charge in [-0.15, -0.1) is 0 Å². The van der Waals surface area contributed by atoms with Crippen LogP contribution in [0.1, 0.15) is 0 Å². The maximum Gasteiger partial charge on any atom is 0.137 e. The fourth-order valence-electron chi connectivity index (χ4n) is 2.25. The van der Waals surface area contributed by atoms with Crippen molar-refractivity contribution in [2.24, 2.45) is 0 Å². The molecule has 0 spiro atoms. The van der Waals surface area contributed by atoms with Crippen molar-refractivity contribution < 1.29 is 8.83 Å². The first-order valence-electron chi connectivity index (χ1n) is 5.94. The van der Waals surface area contributed by atoms with Gasteiger partial charge in [-0.25, -0.2) is 4.98 Å². The van der Waals surface area contributed by atoms with Gasteiger partial charge >= 0.3 is 0 Å². The van der Waals surface area contributed by atoms with Gasteiger partial charge in [-0.2, -0.15) is 0 Å². The number of nitrogens with one attached hydrogen (secondary N) is 1. The number of nitrogens with zero attached hydrogens (tertiary/aromatic N) is 1. The Labute approximate surface area is 108 Å². The average Bonchev–Trinajstić information content (AvgIpc) is 3.18. The highest BCUT2D eigenvalue weighted by Gasteiger charge is 2.10. The normalized spacial score (nSPS) is 11.2. The van der Waals surface area contributed by atoms with Crippen LogP contribution in [0.4, 0.5) is 0 Å². The second-order valence-electron chi connectivity index (χ2n) is 4.35. The predicted octanol–water partition coefficient (Wildman–Crippen LogP) is 4.08. The zero-order valence-corrected chi connectivity index (χ0v) is 9.96. The van der Waals surface area contributed by atoms with Crippen molar-refractivity contribution in [1.82, 2.24) is 9.97 Å². The molecule has 0 unspecified atom stereocenters. The molecule has 0 saturated carbocycles. The molecule has 0 radical (unpaired) electrons. The van der Waals surface area contributed by atoms with Crippen LogP contribution in [0.3, 0.4) is 0 Å². The average molecular weight is 250 g/mol. The van der Waals surface area contributed by atoms with E-state index < -0.39 is 0 Å². The molecule has 0 saturated heterocycles. The maximum atomic E-state index is 5.14. The van der Waals surface area contributed by atoms with Crippen LogP contribution in [0.15, 0.2) is 64.5 Å². The fourth-order valence-corrected chi connectivity index (χ4v) is 2.25. The Morgan fingerprint density at radius 1 is 0.947 bits per heavy atom. The summed E-state index contributed by atoms with van der Waals surface area (Å²) in [6, 6.07) is 5.96. The summed E-state index contributed by atoms with van der Waals surface area (Å²) in [6.07, 6.45) is 10.6. The van der Waals surface area contributed by atoms with Crippen LogP contribution in [0.5, 0.6) is 0 Å². The van der Waals surface area contributed by atoms with E-state index in [1.165, 1.54) is 0 Å². The fraction of sp³-hybridized carbons (Fsp3) is 0. The monoisotopic (exact) mass is 250 g/mol. The second-order valence-corrected chi connectivity index (χ2v) is 4.35. The van der Waals surface area contributed by atoms with Crippen molar-refractivity contribution in [3.05, 3.63) is 55.6 Å². The number of fused-ring (bicyclic) bond motifs is 1. The van der Waals surface area contributed by atoms with E-state index >= 15 is 0 Å². The van der Waals surface area contributed by atoms with Crippen LogP contribution in [0.25, 0.3) is 33.3 Å². The topological polar surface area (TPSA) is 55.0 Å². The molecule has 4 aromatic rings. The first-order valence-corrected chi connectivity index (χ1v) is 5.94. The van der Waals surface area contributed by atoms with Gasteiger partial charge in [0.2, 0.25) is 0 Å². The Bertz CT molecular complexity index is 811. The number of hydrogen-bond acceptors (Lipinski definition) is 3. The maximum absolute atomic E-state index is 5.14. The van der Waals surface area contributed by atoms with Crippen molar-refractivity contribution >= 4 is 11.0 Å². The molecule has 4 aromatic heterocycles. The lowest BCUT2D eigenvalue weighted by molar-refractivity contribution is 0.568. The van der Waals surface area contributed by atoms with Gasteiger partial charge in [0.15, 0.2) is 0 Å². The van der Waals surface area contributed by atoms with Crippen LogP contribution in [-0.4, -0.2) is 9.97 Å². The molecule has 0 aliphatic heterocycles. The Hall–Kier alpha value is -2.75. The quantitative estimate of drug-likeness (QED) is 0.583. The Balaban J connectivity index is 1.95. The van der Waals surface area contributed by atoms with Gasteiger partial charge in [0.1, 0.15) is 5.65 Å². The number of aromatic nitrogens is 2. The van der Waals surface area contributed by atoms with Crippen LogP contribution >= 0.6 is 0 Å². The lowest BCUT2D eigenvalue weighted by Crippen LogP contribution is -1.80. The Morgan fingerprint density at radius 3 is 2.47 bits per heavy atom. The van der Waals surface area contributed by atoms with Gasteiger partial charge in [0.05, 0.1) is 25.1 Å². The van der Waals surface area contributed by atoms with Crippen molar-refractivity contribution in [3.63, 3.8) is 0 Å². The van der Waals surface area contributed by atoms with Crippen molar-refractivity contribution in [2.45, 2.75) is 0 Å². The van der Waals surface area contributed by atoms with Crippen LogP contribution in [-0.2, 0) is 0 Å². The number of H-pyrrole nitrogens is 1. The Kier molecular flexibility index (Phi) is 2.08. The van der Waals surface area contributed by atoms with Crippen LogP contribution in [0, 0.1) is 0 Å². The smallest absolute Gasteiger partial charge is 0.137 e. The molecule has 0 fully saturated rings. The summed E-state index contributed by atoms with van der Waals surface area (Å²) < 4.78 is 10.3. The first kappa shape index (κ1) is 10.2. The van der Waals surface area contributed by atoms with E-state index in [0.717, 1.165) is 33.3 Å². The van der Waals surface area contributed by atoms with E-state index in [1.807, 2.05) is 24.5 Å². The summed E-state index contributed by atoms with van der Waals surface area (Å²) in [7, 11) is 0. The molecule has 92 valence electrons. The zero-order valence-electron chi connectivity index (χ0n) is 9.96. The van der Waals surface area contributed by atoms with Gasteiger partial charge in [0.25, 0.3) is 0 Å². The van der Waals surface area contributed by atoms with Gasteiger partial charge in [-0.05, 0) is 18.2 Å². The van der Waals surface area contributed by atoms with E-state index in [-0.39, 0.29) is 0 Å². The number of rotatable bonds is 2. The number of furan rings is 2. The molecule has 4 nitrogen and oxygen atoms in total. The third kappa shape index (κ3) is 1.57. The molecule has 0 aliphatic rings. The molecule has 0 aromatic carbocycles. The molecular formula is C15H10N2O2. The summed E-state index contributed by atoms with van der Waals surface area (Å²) in [4.78, 5) is 7.61. The first-order chi connectivity index (χ1) is 9.42. The minimum absolute atomic E-state index is 0.864. The van der Waals surface area contributed by atoms with Gasteiger partial charge in [-0.1, -0.05) is 0 Å². The molecule has 1 N–H and O–H groups in total. The van der Waals surface area contributed by atoms with Gasteiger partial charge in [0, 0.05) is 40.0 Å². The lowest BCUT2D eigenvalue weighted by atomic mass is 10.1. The highest BCUT2D eigenvalue weighted by Crippen LogP contribution is 2.31. The lowest BCUT2D eigenvalue weighted by Gasteiger charge is -1.98. The largest absolute Gasteiger partial charge is 0.472 e. The summed E-state index contributed by atoms with van der Waals surface area (Å²) in [6.45, 7) is 0.